The lowest BCUT2D eigenvalue weighted by atomic mass is 10.2. The molecule has 0 saturated carbocycles. The van der Waals surface area contributed by atoms with Gasteiger partial charge in [0.15, 0.2) is 0 Å². The number of aromatic nitrogens is 1. The van der Waals surface area contributed by atoms with Crippen LogP contribution in [0.5, 0.6) is 0 Å². The number of fused-ring (bicyclic) bond motifs is 1. The van der Waals surface area contributed by atoms with E-state index in [9.17, 15) is 0 Å². The third-order valence-corrected chi connectivity index (χ3v) is 3.88. The first-order valence-corrected chi connectivity index (χ1v) is 6.89. The first kappa shape index (κ1) is 12.4. The molecular formula is C13H17N3S. The van der Waals surface area contributed by atoms with Crippen molar-refractivity contribution in [3.05, 3.63) is 22.9 Å². The van der Waals surface area contributed by atoms with Crippen LogP contribution in [0.2, 0.25) is 0 Å². The van der Waals surface area contributed by atoms with Gasteiger partial charge in [0.1, 0.15) is 11.1 Å². The van der Waals surface area contributed by atoms with Crippen molar-refractivity contribution in [2.45, 2.75) is 24.3 Å². The van der Waals surface area contributed by atoms with Gasteiger partial charge in [0.05, 0.1) is 5.56 Å². The summed E-state index contributed by atoms with van der Waals surface area (Å²) in [4.78, 5) is 6.79. The number of nitriles is 1. The Morgan fingerprint density at radius 3 is 3.00 bits per heavy atom. The van der Waals surface area contributed by atoms with Crippen LogP contribution in [-0.4, -0.2) is 36.3 Å². The Morgan fingerprint density at radius 1 is 1.47 bits per heavy atom. The molecule has 4 heteroatoms. The van der Waals surface area contributed by atoms with Crippen LogP contribution < -0.4 is 0 Å². The molecule has 0 N–H and O–H groups in total. The summed E-state index contributed by atoms with van der Waals surface area (Å²) in [6, 6.07) is 4.30. The zero-order chi connectivity index (χ0) is 12.3. The molecule has 1 aromatic heterocycles. The Labute approximate surface area is 107 Å². The minimum absolute atomic E-state index is 0.745. The summed E-state index contributed by atoms with van der Waals surface area (Å²) in [5.74, 6) is 0.980. The molecule has 0 radical (unpaired) electrons. The summed E-state index contributed by atoms with van der Waals surface area (Å²) in [5, 5.41) is 10.1. The highest BCUT2D eigenvalue weighted by molar-refractivity contribution is 7.99. The Balaban J connectivity index is 2.13. The van der Waals surface area contributed by atoms with E-state index in [0.29, 0.717) is 0 Å². The van der Waals surface area contributed by atoms with Crippen LogP contribution in [0.3, 0.4) is 0 Å². The zero-order valence-corrected chi connectivity index (χ0v) is 11.2. The smallest absolute Gasteiger partial charge is 0.114 e. The number of hydrogen-bond donors (Lipinski definition) is 0. The lowest BCUT2D eigenvalue weighted by Crippen LogP contribution is -2.15. The third kappa shape index (κ3) is 2.99. The molecule has 0 unspecified atom stereocenters. The molecule has 1 heterocycles. The predicted octanol–water partition coefficient (Wildman–Crippen LogP) is 2.10. The van der Waals surface area contributed by atoms with Crippen molar-refractivity contribution in [3.8, 4) is 6.07 Å². The monoisotopic (exact) mass is 247 g/mol. The van der Waals surface area contributed by atoms with Gasteiger partial charge in [0.25, 0.3) is 0 Å². The van der Waals surface area contributed by atoms with E-state index < -0.39 is 0 Å². The first-order valence-electron chi connectivity index (χ1n) is 5.91. The van der Waals surface area contributed by atoms with Gasteiger partial charge in [-0.15, -0.1) is 11.8 Å². The Morgan fingerprint density at radius 2 is 2.29 bits per heavy atom. The Kier molecular flexibility index (Phi) is 4.03. The van der Waals surface area contributed by atoms with E-state index in [0.717, 1.165) is 35.7 Å². The molecule has 0 atom stereocenters. The zero-order valence-electron chi connectivity index (χ0n) is 10.4. The fraction of sp³-hybridized carbons (Fsp3) is 0.538. The van der Waals surface area contributed by atoms with Crippen molar-refractivity contribution in [3.63, 3.8) is 0 Å². The molecule has 1 aliphatic carbocycles. The highest BCUT2D eigenvalue weighted by Crippen LogP contribution is 2.27. The van der Waals surface area contributed by atoms with Crippen LogP contribution in [0.15, 0.2) is 11.1 Å². The minimum atomic E-state index is 0.745. The number of hydrogen-bond acceptors (Lipinski definition) is 4. The number of aryl methyl sites for hydroxylation is 2. The number of rotatable bonds is 4. The quantitative estimate of drug-likeness (QED) is 0.764. The molecule has 17 heavy (non-hydrogen) atoms. The van der Waals surface area contributed by atoms with Gasteiger partial charge in [-0.3, -0.25) is 0 Å². The van der Waals surface area contributed by atoms with Crippen molar-refractivity contribution in [1.82, 2.24) is 9.88 Å². The van der Waals surface area contributed by atoms with Crippen molar-refractivity contribution in [2.75, 3.05) is 26.4 Å². The topological polar surface area (TPSA) is 39.9 Å². The first-order chi connectivity index (χ1) is 8.20. The van der Waals surface area contributed by atoms with E-state index in [-0.39, 0.29) is 0 Å². The average Bonchev–Trinajstić information content (AvgIpc) is 2.74. The third-order valence-electron chi connectivity index (χ3n) is 2.91. The van der Waals surface area contributed by atoms with Gasteiger partial charge in [0, 0.05) is 18.0 Å². The van der Waals surface area contributed by atoms with Gasteiger partial charge < -0.3 is 4.90 Å². The van der Waals surface area contributed by atoms with Crippen LogP contribution >= 0.6 is 11.8 Å². The molecule has 1 aliphatic rings. The molecule has 0 spiro atoms. The minimum Gasteiger partial charge on any atom is -0.309 e. The van der Waals surface area contributed by atoms with Crippen molar-refractivity contribution in [1.29, 1.82) is 5.26 Å². The van der Waals surface area contributed by atoms with Crippen molar-refractivity contribution >= 4 is 11.8 Å². The Bertz CT molecular complexity index is 449. The van der Waals surface area contributed by atoms with Gasteiger partial charge in [0.2, 0.25) is 0 Å². The maximum Gasteiger partial charge on any atom is 0.114 e. The molecule has 0 amide bonds. The molecular weight excluding hydrogens is 230 g/mol. The standard InChI is InChI=1S/C13H17N3S/c1-16(2)6-7-17-13-11(9-14)8-10-4-3-5-12(10)15-13/h8H,3-7H2,1-2H3. The van der Waals surface area contributed by atoms with Gasteiger partial charge in [-0.25, -0.2) is 4.98 Å². The molecule has 0 aliphatic heterocycles. The lowest BCUT2D eigenvalue weighted by Gasteiger charge is -2.10. The molecule has 0 aromatic carbocycles. The van der Waals surface area contributed by atoms with Crippen LogP contribution in [0.4, 0.5) is 0 Å². The van der Waals surface area contributed by atoms with E-state index in [1.54, 1.807) is 11.8 Å². The summed E-state index contributed by atoms with van der Waals surface area (Å²) >= 11 is 1.69. The van der Waals surface area contributed by atoms with Crippen LogP contribution in [-0.2, 0) is 12.8 Å². The number of nitrogens with zero attached hydrogens (tertiary/aromatic N) is 3. The molecule has 0 saturated heterocycles. The van der Waals surface area contributed by atoms with Crippen LogP contribution in [0.25, 0.3) is 0 Å². The molecule has 3 nitrogen and oxygen atoms in total. The van der Waals surface area contributed by atoms with Gasteiger partial charge in [-0.2, -0.15) is 5.26 Å². The Hall–Kier alpha value is -1.05. The van der Waals surface area contributed by atoms with Gasteiger partial charge >= 0.3 is 0 Å². The highest BCUT2D eigenvalue weighted by Gasteiger charge is 2.16. The largest absolute Gasteiger partial charge is 0.309 e. The van der Waals surface area contributed by atoms with Crippen LogP contribution in [0.1, 0.15) is 23.2 Å². The average molecular weight is 247 g/mol. The highest BCUT2D eigenvalue weighted by atomic mass is 32.2. The maximum absolute atomic E-state index is 9.14. The molecule has 0 fully saturated rings. The van der Waals surface area contributed by atoms with Crippen molar-refractivity contribution in [2.24, 2.45) is 0 Å². The SMILES string of the molecule is CN(C)CCSc1nc2c(cc1C#N)CCC2. The second-order valence-electron chi connectivity index (χ2n) is 4.56. The predicted molar refractivity (Wildman–Crippen MR) is 70.3 cm³/mol. The summed E-state index contributed by atoms with van der Waals surface area (Å²) in [6.07, 6.45) is 3.33. The summed E-state index contributed by atoms with van der Waals surface area (Å²) in [6.45, 7) is 1.01. The van der Waals surface area contributed by atoms with E-state index >= 15 is 0 Å². The van der Waals surface area contributed by atoms with E-state index in [1.165, 1.54) is 17.7 Å². The summed E-state index contributed by atoms with van der Waals surface area (Å²) in [7, 11) is 4.11. The van der Waals surface area contributed by atoms with Crippen LogP contribution in [0, 0.1) is 11.3 Å². The summed E-state index contributed by atoms with van der Waals surface area (Å²) < 4.78 is 0. The number of thioether (sulfide) groups is 1. The van der Waals surface area contributed by atoms with E-state index in [4.69, 9.17) is 5.26 Å². The second kappa shape index (κ2) is 5.52. The summed E-state index contributed by atoms with van der Waals surface area (Å²) in [5.41, 5.74) is 3.23. The molecule has 2 rings (SSSR count). The fourth-order valence-electron chi connectivity index (χ4n) is 1.97. The van der Waals surface area contributed by atoms with Gasteiger partial charge in [-0.05, 0) is 45.0 Å². The number of pyridine rings is 1. The molecule has 90 valence electrons. The second-order valence-corrected chi connectivity index (χ2v) is 5.65. The molecule has 1 aromatic rings. The van der Waals surface area contributed by atoms with E-state index in [2.05, 4.69) is 30.0 Å². The normalized spacial score (nSPS) is 13.8. The van der Waals surface area contributed by atoms with E-state index in [1.807, 2.05) is 6.07 Å². The fourth-order valence-corrected chi connectivity index (χ4v) is 3.05. The van der Waals surface area contributed by atoms with Gasteiger partial charge in [-0.1, -0.05) is 0 Å². The van der Waals surface area contributed by atoms with Crippen molar-refractivity contribution < 1.29 is 0 Å². The lowest BCUT2D eigenvalue weighted by molar-refractivity contribution is 0.437. The maximum atomic E-state index is 9.14. The molecule has 0 bridgehead atoms.